The molecule has 3 aliphatic heterocycles. The van der Waals surface area contributed by atoms with Crippen LogP contribution in [0.3, 0.4) is 0 Å². The standard InChI is InChI=1S/C32H34N6O5/c33-29-21(15-36-17-23-8-9-24(18-36)38(23)31(42)19-4-2-1-3-5-19)7-11-26(35-29)20-6-10-25-22(14-20)16-37(32(25)43)27(30(34)41)12-13-28(39)40/h1-7,10-11,14,23-24,27H,8-9,12-13,15-18H2,(H2,33,35)(H2,34,41)(H,39,40). The van der Waals surface area contributed by atoms with Gasteiger partial charge in [-0.2, -0.15) is 0 Å². The minimum Gasteiger partial charge on any atom is -0.481 e. The molecule has 222 valence electrons. The van der Waals surface area contributed by atoms with E-state index in [1.165, 1.54) is 4.90 Å². The first-order chi connectivity index (χ1) is 20.7. The van der Waals surface area contributed by atoms with Gasteiger partial charge in [0.25, 0.3) is 11.8 Å². The smallest absolute Gasteiger partial charge is 0.303 e. The highest BCUT2D eigenvalue weighted by atomic mass is 16.4. The van der Waals surface area contributed by atoms with Crippen molar-refractivity contribution in [1.29, 1.82) is 0 Å². The number of carboxylic acids is 1. The summed E-state index contributed by atoms with van der Waals surface area (Å²) in [6, 6.07) is 18.0. The number of benzene rings is 2. The van der Waals surface area contributed by atoms with Crippen LogP contribution in [0.4, 0.5) is 5.82 Å². The number of piperazine rings is 1. The zero-order valence-corrected chi connectivity index (χ0v) is 23.7. The van der Waals surface area contributed by atoms with Crippen molar-refractivity contribution >= 4 is 29.5 Å². The molecule has 5 N–H and O–H groups in total. The van der Waals surface area contributed by atoms with Gasteiger partial charge >= 0.3 is 5.97 Å². The van der Waals surface area contributed by atoms with Crippen molar-refractivity contribution in [2.24, 2.45) is 5.73 Å². The summed E-state index contributed by atoms with van der Waals surface area (Å²) in [6.07, 6.45) is 1.67. The van der Waals surface area contributed by atoms with Gasteiger partial charge in [0.1, 0.15) is 11.9 Å². The lowest BCUT2D eigenvalue weighted by Crippen LogP contribution is -2.55. The Morgan fingerprint density at radius 2 is 1.72 bits per heavy atom. The van der Waals surface area contributed by atoms with Gasteiger partial charge in [0.15, 0.2) is 0 Å². The number of hydrogen-bond donors (Lipinski definition) is 3. The molecule has 3 aromatic rings. The topological polar surface area (TPSA) is 163 Å². The number of pyridine rings is 1. The zero-order valence-electron chi connectivity index (χ0n) is 23.7. The van der Waals surface area contributed by atoms with Crippen molar-refractivity contribution in [2.45, 2.75) is 56.9 Å². The van der Waals surface area contributed by atoms with E-state index in [9.17, 15) is 19.2 Å². The summed E-state index contributed by atoms with van der Waals surface area (Å²) in [4.78, 5) is 59.7. The minimum atomic E-state index is -1.06. The second-order valence-electron chi connectivity index (χ2n) is 11.6. The minimum absolute atomic E-state index is 0.0450. The van der Waals surface area contributed by atoms with Crippen LogP contribution < -0.4 is 11.5 Å². The molecule has 2 saturated heterocycles. The van der Waals surface area contributed by atoms with Crippen LogP contribution in [0.25, 0.3) is 11.3 Å². The summed E-state index contributed by atoms with van der Waals surface area (Å²) in [5.74, 6) is -1.61. The monoisotopic (exact) mass is 582 g/mol. The molecule has 0 radical (unpaired) electrons. The van der Waals surface area contributed by atoms with Crippen LogP contribution in [-0.2, 0) is 22.7 Å². The molecular formula is C32H34N6O5. The SMILES string of the molecule is NC(=O)C(CCC(=O)O)N1Cc2cc(-c3ccc(CN4CC5CCC(C4)N5C(=O)c4ccccc4)c(N)n3)ccc2C1=O. The largest absolute Gasteiger partial charge is 0.481 e. The van der Waals surface area contributed by atoms with E-state index in [2.05, 4.69) is 14.8 Å². The number of primary amides is 1. The molecular weight excluding hydrogens is 548 g/mol. The molecule has 43 heavy (non-hydrogen) atoms. The number of amides is 3. The fourth-order valence-electron chi connectivity index (χ4n) is 6.69. The molecule has 3 atom stereocenters. The number of carbonyl (C=O) groups is 4. The molecule has 2 aromatic carbocycles. The number of aliphatic carboxylic acids is 1. The number of fused-ring (bicyclic) bond motifs is 3. The number of nitrogens with two attached hydrogens (primary N) is 2. The van der Waals surface area contributed by atoms with E-state index in [0.717, 1.165) is 42.6 Å². The Morgan fingerprint density at radius 1 is 1.00 bits per heavy atom. The number of hydrogen-bond acceptors (Lipinski definition) is 7. The highest BCUT2D eigenvalue weighted by molar-refractivity contribution is 6.01. The second-order valence-corrected chi connectivity index (χ2v) is 11.6. The number of anilines is 1. The van der Waals surface area contributed by atoms with Crippen LogP contribution in [0.15, 0.2) is 60.7 Å². The Morgan fingerprint density at radius 3 is 2.37 bits per heavy atom. The summed E-state index contributed by atoms with van der Waals surface area (Å²) in [5.41, 5.74) is 16.2. The zero-order chi connectivity index (χ0) is 30.2. The molecule has 4 heterocycles. The number of carboxylic acid groups (broad SMARTS) is 1. The average Bonchev–Trinajstić information content (AvgIpc) is 3.45. The van der Waals surface area contributed by atoms with E-state index in [1.54, 1.807) is 12.1 Å². The van der Waals surface area contributed by atoms with E-state index in [4.69, 9.17) is 16.6 Å². The van der Waals surface area contributed by atoms with Crippen LogP contribution in [0.2, 0.25) is 0 Å². The average molecular weight is 583 g/mol. The summed E-state index contributed by atoms with van der Waals surface area (Å²) >= 11 is 0. The third-order valence-electron chi connectivity index (χ3n) is 8.79. The molecule has 6 rings (SSSR count). The van der Waals surface area contributed by atoms with Crippen molar-refractivity contribution in [3.8, 4) is 11.3 Å². The van der Waals surface area contributed by atoms with Gasteiger partial charge in [0, 0.05) is 66.9 Å². The number of nitrogens with zero attached hydrogens (tertiary/aromatic N) is 4. The molecule has 3 amide bonds. The third kappa shape index (κ3) is 5.55. The van der Waals surface area contributed by atoms with Crippen LogP contribution in [0, 0.1) is 0 Å². The van der Waals surface area contributed by atoms with Crippen molar-refractivity contribution in [3.63, 3.8) is 0 Å². The molecule has 11 heteroatoms. The van der Waals surface area contributed by atoms with Crippen molar-refractivity contribution in [2.75, 3.05) is 18.8 Å². The molecule has 3 unspecified atom stereocenters. The molecule has 2 fully saturated rings. The maximum Gasteiger partial charge on any atom is 0.303 e. The number of carbonyl (C=O) groups excluding carboxylic acids is 3. The van der Waals surface area contributed by atoms with Gasteiger partial charge in [-0.1, -0.05) is 30.3 Å². The van der Waals surface area contributed by atoms with Gasteiger partial charge in [-0.05, 0) is 55.2 Å². The predicted molar refractivity (Wildman–Crippen MR) is 159 cm³/mol. The Balaban J connectivity index is 1.13. The van der Waals surface area contributed by atoms with Crippen LogP contribution in [-0.4, -0.2) is 79.7 Å². The molecule has 0 spiro atoms. The van der Waals surface area contributed by atoms with E-state index < -0.39 is 17.9 Å². The van der Waals surface area contributed by atoms with Gasteiger partial charge in [-0.3, -0.25) is 24.1 Å². The summed E-state index contributed by atoms with van der Waals surface area (Å²) < 4.78 is 0. The quantitative estimate of drug-likeness (QED) is 0.347. The number of likely N-dealkylation sites (tertiary alicyclic amines) is 1. The first-order valence-electron chi connectivity index (χ1n) is 14.5. The summed E-state index contributed by atoms with van der Waals surface area (Å²) in [5, 5.41) is 9.03. The molecule has 0 aliphatic carbocycles. The van der Waals surface area contributed by atoms with Crippen molar-refractivity contribution in [3.05, 3.63) is 82.9 Å². The number of aromatic nitrogens is 1. The maximum absolute atomic E-state index is 13.2. The van der Waals surface area contributed by atoms with Crippen LogP contribution in [0.5, 0.6) is 0 Å². The molecule has 0 saturated carbocycles. The lowest BCUT2D eigenvalue weighted by molar-refractivity contribution is -0.137. The molecule has 3 aliphatic rings. The number of rotatable bonds is 9. The normalized spacial score (nSPS) is 20.2. The van der Waals surface area contributed by atoms with E-state index in [0.29, 0.717) is 29.2 Å². The van der Waals surface area contributed by atoms with Crippen molar-refractivity contribution in [1.82, 2.24) is 19.7 Å². The summed E-state index contributed by atoms with van der Waals surface area (Å²) in [7, 11) is 0. The summed E-state index contributed by atoms with van der Waals surface area (Å²) in [6.45, 7) is 2.36. The Hall–Kier alpha value is -4.77. The Labute approximate surface area is 249 Å². The number of nitrogen functional groups attached to an aromatic ring is 1. The first kappa shape index (κ1) is 28.4. The van der Waals surface area contributed by atoms with Gasteiger partial charge in [0.05, 0.1) is 5.69 Å². The second kappa shape index (κ2) is 11.5. The van der Waals surface area contributed by atoms with Gasteiger partial charge in [0.2, 0.25) is 5.91 Å². The highest BCUT2D eigenvalue weighted by Gasteiger charge is 2.42. The van der Waals surface area contributed by atoms with Gasteiger partial charge in [-0.25, -0.2) is 4.98 Å². The fraction of sp³-hybridized carbons (Fsp3) is 0.344. The lowest BCUT2D eigenvalue weighted by atomic mass is 10.0. The predicted octanol–water partition coefficient (Wildman–Crippen LogP) is 2.49. The van der Waals surface area contributed by atoms with Gasteiger partial charge < -0.3 is 26.4 Å². The third-order valence-corrected chi connectivity index (χ3v) is 8.79. The highest BCUT2D eigenvalue weighted by Crippen LogP contribution is 2.34. The Bertz CT molecular complexity index is 1580. The molecule has 1 aromatic heterocycles. The Kier molecular flexibility index (Phi) is 7.57. The van der Waals surface area contributed by atoms with E-state index in [1.807, 2.05) is 48.5 Å². The van der Waals surface area contributed by atoms with Crippen LogP contribution in [0.1, 0.15) is 57.5 Å². The van der Waals surface area contributed by atoms with E-state index in [-0.39, 0.29) is 43.3 Å². The van der Waals surface area contributed by atoms with Crippen molar-refractivity contribution < 1.29 is 24.3 Å². The first-order valence-corrected chi connectivity index (χ1v) is 14.5. The maximum atomic E-state index is 13.2. The molecule has 2 bridgehead atoms. The van der Waals surface area contributed by atoms with E-state index >= 15 is 0 Å². The lowest BCUT2D eigenvalue weighted by Gasteiger charge is -2.41. The fourth-order valence-corrected chi connectivity index (χ4v) is 6.69. The molecule has 11 nitrogen and oxygen atoms in total. The van der Waals surface area contributed by atoms with Gasteiger partial charge in [-0.15, -0.1) is 0 Å². The van der Waals surface area contributed by atoms with Crippen LogP contribution >= 0.6 is 0 Å².